The standard InChI is InChI=1S/C12H14N2OS/c1-8-11(7-13)12(15-14-8)9-3-5-10(16-2)6-4-9/h3-6H,7,13H2,1-2H3. The van der Waals surface area contributed by atoms with Crippen LogP contribution in [0.15, 0.2) is 33.7 Å². The summed E-state index contributed by atoms with van der Waals surface area (Å²) in [6.07, 6.45) is 2.05. The Hall–Kier alpha value is -1.26. The van der Waals surface area contributed by atoms with E-state index in [9.17, 15) is 0 Å². The third-order valence-corrected chi connectivity index (χ3v) is 3.28. The van der Waals surface area contributed by atoms with Gasteiger partial charge in [-0.3, -0.25) is 0 Å². The molecular weight excluding hydrogens is 220 g/mol. The molecule has 0 aliphatic carbocycles. The van der Waals surface area contributed by atoms with Gasteiger partial charge in [0.25, 0.3) is 0 Å². The Bertz CT molecular complexity index is 476. The van der Waals surface area contributed by atoms with Gasteiger partial charge < -0.3 is 10.3 Å². The number of thioether (sulfide) groups is 1. The zero-order valence-electron chi connectivity index (χ0n) is 9.36. The highest BCUT2D eigenvalue weighted by Crippen LogP contribution is 2.27. The molecule has 0 aliphatic rings. The molecule has 0 fully saturated rings. The summed E-state index contributed by atoms with van der Waals surface area (Å²) in [5.74, 6) is 0.785. The molecule has 3 nitrogen and oxygen atoms in total. The van der Waals surface area contributed by atoms with E-state index in [2.05, 4.69) is 23.5 Å². The van der Waals surface area contributed by atoms with Crippen LogP contribution in [0.3, 0.4) is 0 Å². The second kappa shape index (κ2) is 4.72. The van der Waals surface area contributed by atoms with Crippen molar-refractivity contribution in [1.29, 1.82) is 0 Å². The summed E-state index contributed by atoms with van der Waals surface area (Å²) in [5, 5.41) is 3.95. The number of nitrogens with two attached hydrogens (primary N) is 1. The SMILES string of the molecule is CSc1ccc(-c2onc(C)c2CN)cc1. The van der Waals surface area contributed by atoms with Crippen molar-refractivity contribution in [3.63, 3.8) is 0 Å². The molecule has 0 aliphatic heterocycles. The molecule has 0 saturated heterocycles. The fourth-order valence-electron chi connectivity index (χ4n) is 1.60. The maximum absolute atomic E-state index is 5.69. The molecule has 16 heavy (non-hydrogen) atoms. The lowest BCUT2D eigenvalue weighted by Crippen LogP contribution is -1.98. The molecule has 0 amide bonds. The maximum Gasteiger partial charge on any atom is 0.171 e. The quantitative estimate of drug-likeness (QED) is 0.830. The van der Waals surface area contributed by atoms with Crippen molar-refractivity contribution >= 4 is 11.8 Å². The van der Waals surface area contributed by atoms with Gasteiger partial charge in [0.2, 0.25) is 0 Å². The minimum absolute atomic E-state index is 0.453. The van der Waals surface area contributed by atoms with Crippen LogP contribution in [0.5, 0.6) is 0 Å². The Morgan fingerprint density at radius 3 is 2.56 bits per heavy atom. The van der Waals surface area contributed by atoms with E-state index in [0.29, 0.717) is 6.54 Å². The van der Waals surface area contributed by atoms with Crippen LogP contribution in [0.1, 0.15) is 11.3 Å². The minimum Gasteiger partial charge on any atom is -0.356 e. The van der Waals surface area contributed by atoms with Gasteiger partial charge in [-0.1, -0.05) is 17.3 Å². The lowest BCUT2D eigenvalue weighted by Gasteiger charge is -2.01. The summed E-state index contributed by atoms with van der Waals surface area (Å²) in [6, 6.07) is 8.20. The second-order valence-corrected chi connectivity index (χ2v) is 4.39. The van der Waals surface area contributed by atoms with Crippen molar-refractivity contribution in [1.82, 2.24) is 5.16 Å². The monoisotopic (exact) mass is 234 g/mol. The summed E-state index contributed by atoms with van der Waals surface area (Å²) in [7, 11) is 0. The molecule has 84 valence electrons. The van der Waals surface area contributed by atoms with Crippen molar-refractivity contribution < 1.29 is 4.52 Å². The van der Waals surface area contributed by atoms with Crippen LogP contribution in [-0.2, 0) is 6.54 Å². The molecule has 0 atom stereocenters. The molecule has 0 radical (unpaired) electrons. The van der Waals surface area contributed by atoms with E-state index >= 15 is 0 Å². The Morgan fingerprint density at radius 2 is 2.00 bits per heavy atom. The molecule has 2 aromatic rings. The number of rotatable bonds is 3. The first-order valence-electron chi connectivity index (χ1n) is 5.06. The largest absolute Gasteiger partial charge is 0.356 e. The molecule has 2 rings (SSSR count). The summed E-state index contributed by atoms with van der Waals surface area (Å²) in [5.41, 5.74) is 8.56. The Balaban J connectivity index is 2.42. The van der Waals surface area contributed by atoms with Crippen molar-refractivity contribution in [3.8, 4) is 11.3 Å². The minimum atomic E-state index is 0.453. The summed E-state index contributed by atoms with van der Waals surface area (Å²) >= 11 is 1.72. The van der Waals surface area contributed by atoms with Gasteiger partial charge in [-0.2, -0.15) is 0 Å². The molecule has 1 aromatic heterocycles. The van der Waals surface area contributed by atoms with E-state index in [4.69, 9.17) is 10.3 Å². The van der Waals surface area contributed by atoms with Crippen molar-refractivity contribution in [3.05, 3.63) is 35.5 Å². The molecule has 2 N–H and O–H groups in total. The van der Waals surface area contributed by atoms with Crippen molar-refractivity contribution in [2.75, 3.05) is 6.26 Å². The number of nitrogens with zero attached hydrogens (tertiary/aromatic N) is 1. The fourth-order valence-corrected chi connectivity index (χ4v) is 2.01. The smallest absolute Gasteiger partial charge is 0.171 e. The number of hydrogen-bond acceptors (Lipinski definition) is 4. The van der Waals surface area contributed by atoms with Gasteiger partial charge in [-0.05, 0) is 25.3 Å². The van der Waals surface area contributed by atoms with Crippen LogP contribution >= 0.6 is 11.8 Å². The van der Waals surface area contributed by atoms with E-state index in [1.54, 1.807) is 11.8 Å². The highest BCUT2D eigenvalue weighted by Gasteiger charge is 2.12. The molecule has 0 spiro atoms. The van der Waals surface area contributed by atoms with Gasteiger partial charge in [0.05, 0.1) is 5.69 Å². The van der Waals surface area contributed by atoms with Gasteiger partial charge >= 0.3 is 0 Å². The van der Waals surface area contributed by atoms with Crippen molar-refractivity contribution in [2.45, 2.75) is 18.4 Å². The predicted octanol–water partition coefficient (Wildman–Crippen LogP) is 2.83. The molecule has 0 unspecified atom stereocenters. The van der Waals surface area contributed by atoms with Gasteiger partial charge in [0.15, 0.2) is 5.76 Å². The number of benzene rings is 1. The first-order chi connectivity index (χ1) is 7.76. The first-order valence-corrected chi connectivity index (χ1v) is 6.28. The highest BCUT2D eigenvalue weighted by molar-refractivity contribution is 7.98. The fraction of sp³-hybridized carbons (Fsp3) is 0.250. The van der Waals surface area contributed by atoms with E-state index in [0.717, 1.165) is 22.6 Å². The van der Waals surface area contributed by atoms with Gasteiger partial charge in [0.1, 0.15) is 0 Å². The second-order valence-electron chi connectivity index (χ2n) is 3.51. The predicted molar refractivity (Wildman–Crippen MR) is 66.3 cm³/mol. The molecule has 0 bridgehead atoms. The van der Waals surface area contributed by atoms with Gasteiger partial charge in [-0.15, -0.1) is 11.8 Å². The van der Waals surface area contributed by atoms with E-state index in [1.165, 1.54) is 4.90 Å². The van der Waals surface area contributed by atoms with Crippen LogP contribution in [-0.4, -0.2) is 11.4 Å². The van der Waals surface area contributed by atoms with E-state index in [1.807, 2.05) is 19.1 Å². The third-order valence-electron chi connectivity index (χ3n) is 2.54. The summed E-state index contributed by atoms with van der Waals surface area (Å²) in [4.78, 5) is 1.23. The van der Waals surface area contributed by atoms with E-state index in [-0.39, 0.29) is 0 Å². The van der Waals surface area contributed by atoms with Crippen LogP contribution in [0.25, 0.3) is 11.3 Å². The highest BCUT2D eigenvalue weighted by atomic mass is 32.2. The summed E-state index contributed by atoms with van der Waals surface area (Å²) < 4.78 is 5.31. The molecule has 1 aromatic carbocycles. The molecule has 0 saturated carbocycles. The lowest BCUT2D eigenvalue weighted by molar-refractivity contribution is 0.426. The van der Waals surface area contributed by atoms with Crippen LogP contribution < -0.4 is 5.73 Å². The third kappa shape index (κ3) is 1.99. The maximum atomic E-state index is 5.69. The number of aryl methyl sites for hydroxylation is 1. The van der Waals surface area contributed by atoms with Crippen molar-refractivity contribution in [2.24, 2.45) is 5.73 Å². The first kappa shape index (κ1) is 11.2. The van der Waals surface area contributed by atoms with Gasteiger partial charge in [0, 0.05) is 22.6 Å². The van der Waals surface area contributed by atoms with Crippen LogP contribution in [0.2, 0.25) is 0 Å². The molecule has 1 heterocycles. The zero-order chi connectivity index (χ0) is 11.5. The van der Waals surface area contributed by atoms with E-state index < -0.39 is 0 Å². The average molecular weight is 234 g/mol. The van der Waals surface area contributed by atoms with Gasteiger partial charge in [-0.25, -0.2) is 0 Å². The zero-order valence-corrected chi connectivity index (χ0v) is 10.2. The number of hydrogen-bond donors (Lipinski definition) is 1. The molecule has 4 heteroatoms. The lowest BCUT2D eigenvalue weighted by atomic mass is 10.1. The Kier molecular flexibility index (Phi) is 3.31. The average Bonchev–Trinajstić information content (AvgIpc) is 2.70. The Morgan fingerprint density at radius 1 is 1.31 bits per heavy atom. The summed E-state index contributed by atoms with van der Waals surface area (Å²) in [6.45, 7) is 2.36. The number of aromatic nitrogens is 1. The normalized spacial score (nSPS) is 10.7. The molecular formula is C12H14N2OS. The topological polar surface area (TPSA) is 52.0 Å². The Labute approximate surface area is 99.0 Å². The van der Waals surface area contributed by atoms with Crippen LogP contribution in [0.4, 0.5) is 0 Å². The van der Waals surface area contributed by atoms with Crippen LogP contribution in [0, 0.1) is 6.92 Å².